The van der Waals surface area contributed by atoms with Crippen LogP contribution in [0.5, 0.6) is 0 Å². The van der Waals surface area contributed by atoms with Crippen molar-refractivity contribution in [2.24, 2.45) is 0 Å². The summed E-state index contributed by atoms with van der Waals surface area (Å²) in [6, 6.07) is 8.22. The molecule has 0 radical (unpaired) electrons. The standard InChI is InChI=1S/C15H17ClN2/c1-10-7-11(2)13(12(3)8-10)9-18-14-5-4-6-17-15(14)16/h4-8,18H,9H2,1-3H3. The Balaban J connectivity index is 2.19. The van der Waals surface area contributed by atoms with Gasteiger partial charge in [0.2, 0.25) is 0 Å². The number of rotatable bonds is 3. The monoisotopic (exact) mass is 260 g/mol. The SMILES string of the molecule is Cc1cc(C)c(CNc2cccnc2Cl)c(C)c1. The quantitative estimate of drug-likeness (QED) is 0.834. The smallest absolute Gasteiger partial charge is 0.152 e. The van der Waals surface area contributed by atoms with Crippen LogP contribution in [0.15, 0.2) is 30.5 Å². The van der Waals surface area contributed by atoms with Gasteiger partial charge in [-0.05, 0) is 49.6 Å². The normalized spacial score (nSPS) is 10.4. The van der Waals surface area contributed by atoms with Crippen LogP contribution < -0.4 is 5.32 Å². The molecule has 3 heteroatoms. The van der Waals surface area contributed by atoms with Crippen LogP contribution in [0, 0.1) is 20.8 Å². The summed E-state index contributed by atoms with van der Waals surface area (Å²) in [5.41, 5.74) is 6.10. The van der Waals surface area contributed by atoms with Crippen molar-refractivity contribution in [1.29, 1.82) is 0 Å². The van der Waals surface area contributed by atoms with Crippen LogP contribution in [0.3, 0.4) is 0 Å². The van der Waals surface area contributed by atoms with Crippen LogP contribution in [0.25, 0.3) is 0 Å². The van der Waals surface area contributed by atoms with Crippen molar-refractivity contribution in [3.8, 4) is 0 Å². The Labute approximate surface area is 113 Å². The zero-order valence-corrected chi connectivity index (χ0v) is 11.7. The average molecular weight is 261 g/mol. The molecule has 0 atom stereocenters. The fourth-order valence-corrected chi connectivity index (χ4v) is 2.38. The van der Waals surface area contributed by atoms with E-state index in [0.717, 1.165) is 12.2 Å². The predicted molar refractivity (Wildman–Crippen MR) is 77.2 cm³/mol. The molecule has 0 amide bonds. The molecule has 0 saturated carbocycles. The van der Waals surface area contributed by atoms with Gasteiger partial charge in [0.15, 0.2) is 5.15 Å². The summed E-state index contributed by atoms with van der Waals surface area (Å²) >= 11 is 6.02. The van der Waals surface area contributed by atoms with Gasteiger partial charge in [-0.3, -0.25) is 0 Å². The first kappa shape index (κ1) is 12.9. The van der Waals surface area contributed by atoms with E-state index in [1.807, 2.05) is 12.1 Å². The number of nitrogens with one attached hydrogen (secondary N) is 1. The number of aryl methyl sites for hydroxylation is 3. The van der Waals surface area contributed by atoms with Crippen LogP contribution >= 0.6 is 11.6 Å². The maximum Gasteiger partial charge on any atom is 0.152 e. The molecule has 0 spiro atoms. The third kappa shape index (κ3) is 2.82. The number of pyridine rings is 1. The number of anilines is 1. The summed E-state index contributed by atoms with van der Waals surface area (Å²) < 4.78 is 0. The summed E-state index contributed by atoms with van der Waals surface area (Å²) in [6.45, 7) is 7.17. The topological polar surface area (TPSA) is 24.9 Å². The molecule has 2 rings (SSSR count). The highest BCUT2D eigenvalue weighted by Gasteiger charge is 2.05. The lowest BCUT2D eigenvalue weighted by Gasteiger charge is -2.13. The van der Waals surface area contributed by atoms with E-state index in [1.165, 1.54) is 22.3 Å². The molecule has 0 aliphatic carbocycles. The molecule has 1 aromatic carbocycles. The lowest BCUT2D eigenvalue weighted by molar-refractivity contribution is 1.08. The van der Waals surface area contributed by atoms with Crippen LogP contribution in [-0.4, -0.2) is 4.98 Å². The first-order chi connectivity index (χ1) is 8.58. The third-order valence-electron chi connectivity index (χ3n) is 3.06. The van der Waals surface area contributed by atoms with Gasteiger partial charge >= 0.3 is 0 Å². The summed E-state index contributed by atoms with van der Waals surface area (Å²) in [5, 5.41) is 3.85. The zero-order valence-electron chi connectivity index (χ0n) is 10.9. The van der Waals surface area contributed by atoms with Crippen molar-refractivity contribution < 1.29 is 0 Å². The third-order valence-corrected chi connectivity index (χ3v) is 3.36. The Kier molecular flexibility index (Phi) is 3.87. The Bertz CT molecular complexity index is 541. The molecule has 1 heterocycles. The minimum absolute atomic E-state index is 0.514. The van der Waals surface area contributed by atoms with Gasteiger partial charge in [0.25, 0.3) is 0 Å². The second kappa shape index (κ2) is 5.40. The van der Waals surface area contributed by atoms with E-state index in [0.29, 0.717) is 5.15 Å². The largest absolute Gasteiger partial charge is 0.378 e. The maximum absolute atomic E-state index is 6.02. The van der Waals surface area contributed by atoms with E-state index in [-0.39, 0.29) is 0 Å². The van der Waals surface area contributed by atoms with Gasteiger partial charge in [-0.25, -0.2) is 4.98 Å². The van der Waals surface area contributed by atoms with E-state index in [9.17, 15) is 0 Å². The first-order valence-electron chi connectivity index (χ1n) is 5.99. The summed E-state index contributed by atoms with van der Waals surface area (Å²) in [4.78, 5) is 4.05. The lowest BCUT2D eigenvalue weighted by Crippen LogP contribution is -2.04. The van der Waals surface area contributed by atoms with Gasteiger partial charge in [0, 0.05) is 12.7 Å². The van der Waals surface area contributed by atoms with Crippen molar-refractivity contribution in [3.63, 3.8) is 0 Å². The van der Waals surface area contributed by atoms with E-state index in [4.69, 9.17) is 11.6 Å². The highest BCUT2D eigenvalue weighted by molar-refractivity contribution is 6.31. The second-order valence-corrected chi connectivity index (χ2v) is 4.93. The molecule has 1 N–H and O–H groups in total. The number of benzene rings is 1. The van der Waals surface area contributed by atoms with Crippen LogP contribution in [0.1, 0.15) is 22.3 Å². The molecule has 2 aromatic rings. The number of aromatic nitrogens is 1. The fraction of sp³-hybridized carbons (Fsp3) is 0.267. The predicted octanol–water partition coefficient (Wildman–Crippen LogP) is 4.27. The number of hydrogen-bond acceptors (Lipinski definition) is 2. The van der Waals surface area contributed by atoms with Gasteiger partial charge in [-0.2, -0.15) is 0 Å². The van der Waals surface area contributed by atoms with E-state index in [1.54, 1.807) is 6.20 Å². The van der Waals surface area contributed by atoms with Crippen LogP contribution in [0.4, 0.5) is 5.69 Å². The Morgan fingerprint density at radius 3 is 2.44 bits per heavy atom. The van der Waals surface area contributed by atoms with Gasteiger partial charge in [-0.1, -0.05) is 29.3 Å². The molecule has 0 aliphatic rings. The highest BCUT2D eigenvalue weighted by atomic mass is 35.5. The maximum atomic E-state index is 6.02. The number of halogens is 1. The minimum atomic E-state index is 0.514. The van der Waals surface area contributed by atoms with Gasteiger partial charge in [0.1, 0.15) is 0 Å². The van der Waals surface area contributed by atoms with Crippen molar-refractivity contribution in [3.05, 3.63) is 57.9 Å². The molecule has 2 nitrogen and oxygen atoms in total. The van der Waals surface area contributed by atoms with Gasteiger partial charge < -0.3 is 5.32 Å². The van der Waals surface area contributed by atoms with Crippen molar-refractivity contribution >= 4 is 17.3 Å². The molecule has 0 bridgehead atoms. The Morgan fingerprint density at radius 2 is 1.83 bits per heavy atom. The first-order valence-corrected chi connectivity index (χ1v) is 6.37. The molecular formula is C15H17ClN2. The number of nitrogens with zero attached hydrogens (tertiary/aromatic N) is 1. The average Bonchev–Trinajstić information content (AvgIpc) is 2.30. The minimum Gasteiger partial charge on any atom is -0.378 e. The molecule has 0 unspecified atom stereocenters. The van der Waals surface area contributed by atoms with E-state index in [2.05, 4.69) is 43.2 Å². The molecule has 1 aromatic heterocycles. The molecule has 94 valence electrons. The second-order valence-electron chi connectivity index (χ2n) is 4.57. The van der Waals surface area contributed by atoms with E-state index >= 15 is 0 Å². The van der Waals surface area contributed by atoms with Crippen molar-refractivity contribution in [2.45, 2.75) is 27.3 Å². The van der Waals surface area contributed by atoms with Crippen LogP contribution in [-0.2, 0) is 6.54 Å². The Morgan fingerprint density at radius 1 is 1.17 bits per heavy atom. The Hall–Kier alpha value is -1.54. The van der Waals surface area contributed by atoms with Gasteiger partial charge in [-0.15, -0.1) is 0 Å². The molecule has 0 saturated heterocycles. The van der Waals surface area contributed by atoms with Crippen LogP contribution in [0.2, 0.25) is 5.15 Å². The molecule has 18 heavy (non-hydrogen) atoms. The van der Waals surface area contributed by atoms with Crippen molar-refractivity contribution in [2.75, 3.05) is 5.32 Å². The number of hydrogen-bond donors (Lipinski definition) is 1. The summed E-state index contributed by atoms with van der Waals surface area (Å²) in [7, 11) is 0. The molecule has 0 fully saturated rings. The molecular weight excluding hydrogens is 244 g/mol. The van der Waals surface area contributed by atoms with Crippen molar-refractivity contribution in [1.82, 2.24) is 4.98 Å². The lowest BCUT2D eigenvalue weighted by atomic mass is 10.00. The zero-order chi connectivity index (χ0) is 13.1. The highest BCUT2D eigenvalue weighted by Crippen LogP contribution is 2.21. The summed E-state index contributed by atoms with van der Waals surface area (Å²) in [6.07, 6.45) is 1.69. The summed E-state index contributed by atoms with van der Waals surface area (Å²) in [5.74, 6) is 0. The fourth-order valence-electron chi connectivity index (χ4n) is 2.19. The van der Waals surface area contributed by atoms with Gasteiger partial charge in [0.05, 0.1) is 5.69 Å². The van der Waals surface area contributed by atoms with E-state index < -0.39 is 0 Å². The molecule has 0 aliphatic heterocycles.